The molecule has 1 saturated heterocycles. The van der Waals surface area contributed by atoms with Crippen LogP contribution in [0.3, 0.4) is 0 Å². The van der Waals surface area contributed by atoms with Gasteiger partial charge in [-0.05, 0) is 38.5 Å². The van der Waals surface area contributed by atoms with Crippen LogP contribution in [0.4, 0.5) is 0 Å². The van der Waals surface area contributed by atoms with Crippen LogP contribution in [0.15, 0.2) is 24.3 Å². The number of nitrogens with one attached hydrogen (secondary N) is 1. The van der Waals surface area contributed by atoms with Gasteiger partial charge in [-0.3, -0.25) is 9.35 Å². The first kappa shape index (κ1) is 47.6. The largest absolute Gasteiger partial charge is 0.397 e. The number of unbranched alkanes of at least 4 members (excludes halogenated alkanes) is 16. The van der Waals surface area contributed by atoms with Gasteiger partial charge in [-0.15, -0.1) is 0 Å². The van der Waals surface area contributed by atoms with Gasteiger partial charge in [0.2, 0.25) is 5.91 Å². The summed E-state index contributed by atoms with van der Waals surface area (Å²) in [6.45, 7) is 3.10. The lowest BCUT2D eigenvalue weighted by atomic mass is 9.99. The Morgan fingerprint density at radius 3 is 1.88 bits per heavy atom. The number of aliphatic hydroxyl groups is 5. The van der Waals surface area contributed by atoms with E-state index in [0.29, 0.717) is 12.8 Å². The van der Waals surface area contributed by atoms with E-state index in [4.69, 9.17) is 14.0 Å². The maximum Gasteiger partial charge on any atom is 0.397 e. The Hall–Kier alpha value is -1.46. The Balaban J connectivity index is 2.74. The zero-order valence-electron chi connectivity index (χ0n) is 31.0. The number of hydrogen-bond donors (Lipinski definition) is 7. The first-order chi connectivity index (χ1) is 24.4. The Morgan fingerprint density at radius 1 is 0.784 bits per heavy atom. The second kappa shape index (κ2) is 29.0. The molecule has 0 saturated carbocycles. The maximum absolute atomic E-state index is 13.0. The van der Waals surface area contributed by atoms with Gasteiger partial charge in [0.1, 0.15) is 30.5 Å². The van der Waals surface area contributed by atoms with Crippen molar-refractivity contribution >= 4 is 16.3 Å². The zero-order valence-corrected chi connectivity index (χ0v) is 31.8. The highest BCUT2D eigenvalue weighted by molar-refractivity contribution is 7.80. The summed E-state index contributed by atoms with van der Waals surface area (Å²) < 4.78 is 47.2. The van der Waals surface area contributed by atoms with Crippen LogP contribution >= 0.6 is 0 Å². The monoisotopic (exact) mass is 751 g/mol. The summed E-state index contributed by atoms with van der Waals surface area (Å²) in [5.41, 5.74) is 0. The lowest BCUT2D eigenvalue weighted by Gasteiger charge is -2.41. The Kier molecular flexibility index (Phi) is 27.0. The van der Waals surface area contributed by atoms with E-state index in [1.807, 2.05) is 6.08 Å². The zero-order chi connectivity index (χ0) is 37.9. The average Bonchev–Trinajstić information content (AvgIpc) is 3.09. The number of carbonyl (C=O) groups is 1. The molecule has 0 aromatic carbocycles. The van der Waals surface area contributed by atoms with Gasteiger partial charge in [0.05, 0.1) is 25.4 Å². The van der Waals surface area contributed by atoms with Crippen LogP contribution in [0.25, 0.3) is 0 Å². The van der Waals surface area contributed by atoms with Gasteiger partial charge in [0.25, 0.3) is 0 Å². The third kappa shape index (κ3) is 22.4. The molecule has 1 aliphatic heterocycles. The Labute approximate surface area is 306 Å². The minimum atomic E-state index is -5.11. The molecule has 0 aromatic rings. The summed E-state index contributed by atoms with van der Waals surface area (Å²) >= 11 is 0. The molecule has 13 nitrogen and oxygen atoms in total. The smallest absolute Gasteiger partial charge is 0.394 e. The molecule has 8 atom stereocenters. The molecule has 0 radical (unpaired) electrons. The number of allylic oxidation sites excluding steroid dienone is 3. The van der Waals surface area contributed by atoms with Gasteiger partial charge in [-0.1, -0.05) is 128 Å². The fourth-order valence-electron chi connectivity index (χ4n) is 5.91. The summed E-state index contributed by atoms with van der Waals surface area (Å²) in [4.78, 5) is 13.0. The summed E-state index contributed by atoms with van der Waals surface area (Å²) in [5, 5.41) is 54.8. The number of aliphatic hydroxyl groups excluding tert-OH is 5. The van der Waals surface area contributed by atoms with E-state index in [1.54, 1.807) is 0 Å². The summed E-state index contributed by atoms with van der Waals surface area (Å²) in [5.74, 6) is -0.717. The lowest BCUT2D eigenvalue weighted by Crippen LogP contribution is -2.61. The van der Waals surface area contributed by atoms with Crippen LogP contribution in [0.5, 0.6) is 0 Å². The molecule has 8 unspecified atom stereocenters. The molecule has 1 rings (SSSR count). The molecule has 7 N–H and O–H groups in total. The molecule has 14 heteroatoms. The van der Waals surface area contributed by atoms with E-state index in [1.165, 1.54) is 63.9 Å². The van der Waals surface area contributed by atoms with Crippen molar-refractivity contribution in [1.82, 2.24) is 5.32 Å². The molecular weight excluding hydrogens is 682 g/mol. The maximum atomic E-state index is 13.0. The van der Waals surface area contributed by atoms with Crippen molar-refractivity contribution < 1.29 is 57.0 Å². The molecule has 1 heterocycles. The minimum absolute atomic E-state index is 0.228. The molecule has 0 aromatic heterocycles. The van der Waals surface area contributed by atoms with E-state index in [-0.39, 0.29) is 6.42 Å². The van der Waals surface area contributed by atoms with E-state index < -0.39 is 78.5 Å². The average molecular weight is 752 g/mol. The van der Waals surface area contributed by atoms with Gasteiger partial charge < -0.3 is 40.3 Å². The van der Waals surface area contributed by atoms with Gasteiger partial charge in [0, 0.05) is 0 Å². The molecule has 51 heavy (non-hydrogen) atoms. The molecule has 1 aliphatic rings. The molecule has 0 bridgehead atoms. The molecule has 0 aliphatic carbocycles. The SMILES string of the molecule is CCCC/C=C\CCCCCCC(O)C(=O)NC(COC1OC(CO)C(O)C(OS(=O)(=O)O)C1O)C(O)/C=C/CCCCCCCCCCCC. The highest BCUT2D eigenvalue weighted by Crippen LogP contribution is 2.26. The van der Waals surface area contributed by atoms with Crippen LogP contribution in [0.1, 0.15) is 142 Å². The van der Waals surface area contributed by atoms with Crippen LogP contribution in [-0.4, -0.2) is 107 Å². The minimum Gasteiger partial charge on any atom is -0.394 e. The molecule has 0 spiro atoms. The highest BCUT2D eigenvalue weighted by atomic mass is 32.3. The van der Waals surface area contributed by atoms with Crippen LogP contribution in [0.2, 0.25) is 0 Å². The lowest BCUT2D eigenvalue weighted by molar-refractivity contribution is -0.298. The van der Waals surface area contributed by atoms with Crippen molar-refractivity contribution in [3.8, 4) is 0 Å². The summed E-state index contributed by atoms with van der Waals surface area (Å²) in [6.07, 6.45) is 17.2. The topological polar surface area (TPSA) is 212 Å². The van der Waals surface area contributed by atoms with E-state index in [2.05, 4.69) is 35.5 Å². The standard InChI is InChI=1S/C37H69NO12S/c1-3-5-7-9-11-13-15-16-18-19-21-23-25-30(40)29(38-36(44)31(41)26-24-22-20-17-14-12-10-8-6-4-2)28-48-37-34(43)35(50-51(45,46)47)33(42)32(27-39)49-37/h10,12,23,25,29-35,37,39-43H,3-9,11,13-22,24,26-28H2,1-2H3,(H,38,44)(H,45,46,47)/b12-10-,25-23+. The van der Waals surface area contributed by atoms with Gasteiger partial charge in [0.15, 0.2) is 6.29 Å². The first-order valence-electron chi connectivity index (χ1n) is 19.3. The predicted octanol–water partition coefficient (Wildman–Crippen LogP) is 4.79. The van der Waals surface area contributed by atoms with Crippen molar-refractivity contribution in [2.45, 2.75) is 191 Å². The number of ether oxygens (including phenoxy) is 2. The quantitative estimate of drug-likeness (QED) is 0.0290. The van der Waals surface area contributed by atoms with E-state index in [9.17, 15) is 38.7 Å². The van der Waals surface area contributed by atoms with E-state index in [0.717, 1.165) is 51.4 Å². The number of carbonyl (C=O) groups excluding carboxylic acids is 1. The third-order valence-electron chi connectivity index (χ3n) is 9.08. The Bertz CT molecular complexity index is 1040. The van der Waals surface area contributed by atoms with Gasteiger partial charge >= 0.3 is 10.4 Å². The molecule has 1 fully saturated rings. The van der Waals surface area contributed by atoms with Crippen molar-refractivity contribution in [3.05, 3.63) is 24.3 Å². The summed E-state index contributed by atoms with van der Waals surface area (Å²) in [7, 11) is -5.11. The van der Waals surface area contributed by atoms with E-state index >= 15 is 0 Å². The van der Waals surface area contributed by atoms with Crippen molar-refractivity contribution in [2.24, 2.45) is 0 Å². The first-order valence-corrected chi connectivity index (χ1v) is 20.7. The Morgan fingerprint density at radius 2 is 1.31 bits per heavy atom. The fraction of sp³-hybridized carbons (Fsp3) is 0.865. The molecular formula is C37H69NO12S. The highest BCUT2D eigenvalue weighted by Gasteiger charge is 2.48. The second-order valence-corrected chi connectivity index (χ2v) is 14.7. The molecule has 1 amide bonds. The third-order valence-corrected chi connectivity index (χ3v) is 9.55. The van der Waals surface area contributed by atoms with Crippen molar-refractivity contribution in [3.63, 3.8) is 0 Å². The summed E-state index contributed by atoms with van der Waals surface area (Å²) in [6, 6.07) is -1.12. The predicted molar refractivity (Wildman–Crippen MR) is 196 cm³/mol. The second-order valence-electron chi connectivity index (χ2n) is 13.7. The normalized spacial score (nSPS) is 23.2. The van der Waals surface area contributed by atoms with Crippen molar-refractivity contribution in [1.29, 1.82) is 0 Å². The van der Waals surface area contributed by atoms with Crippen LogP contribution in [-0.2, 0) is 28.9 Å². The van der Waals surface area contributed by atoms with Crippen molar-refractivity contribution in [2.75, 3.05) is 13.2 Å². The number of hydrogen-bond acceptors (Lipinski definition) is 11. The van der Waals surface area contributed by atoms with Crippen LogP contribution < -0.4 is 5.32 Å². The fourth-order valence-corrected chi connectivity index (χ4v) is 6.42. The number of rotatable bonds is 31. The molecule has 300 valence electrons. The van der Waals surface area contributed by atoms with Crippen LogP contribution in [0, 0.1) is 0 Å². The van der Waals surface area contributed by atoms with Gasteiger partial charge in [-0.2, -0.15) is 8.42 Å². The van der Waals surface area contributed by atoms with Gasteiger partial charge in [-0.25, -0.2) is 4.18 Å². The number of amides is 1.